The molecule has 3 rings (SSSR count). The molecule has 1 N–H and O–H groups in total. The summed E-state index contributed by atoms with van der Waals surface area (Å²) in [7, 11) is 3.96. The number of nitrogens with zero attached hydrogens (tertiary/aromatic N) is 2. The molecule has 0 amide bonds. The Bertz CT molecular complexity index is 654. The zero-order valence-electron chi connectivity index (χ0n) is 12.3. The molecule has 0 saturated carbocycles. The average molecular weight is 271 g/mol. The summed E-state index contributed by atoms with van der Waals surface area (Å²) in [5.74, 6) is 0. The van der Waals surface area contributed by atoms with Crippen LogP contribution in [0.2, 0.25) is 0 Å². The third kappa shape index (κ3) is 2.20. The molecule has 0 aromatic carbocycles. The van der Waals surface area contributed by atoms with E-state index in [1.807, 2.05) is 19.4 Å². The van der Waals surface area contributed by atoms with Gasteiger partial charge in [0.2, 0.25) is 0 Å². The Balaban J connectivity index is 2.18. The van der Waals surface area contributed by atoms with Gasteiger partial charge in [-0.05, 0) is 43.8 Å². The minimum Gasteiger partial charge on any atom is -0.385 e. The molecule has 1 aromatic rings. The molecule has 1 unspecified atom stereocenters. The molecule has 4 nitrogen and oxygen atoms in total. The zero-order chi connectivity index (χ0) is 14.3. The van der Waals surface area contributed by atoms with Crippen LogP contribution in [0.1, 0.15) is 23.6 Å². The Hall–Kier alpha value is -1.81. The molecule has 4 heteroatoms. The molecule has 0 bridgehead atoms. The predicted molar refractivity (Wildman–Crippen MR) is 81.4 cm³/mol. The van der Waals surface area contributed by atoms with Crippen molar-refractivity contribution in [3.05, 3.63) is 51.6 Å². The van der Waals surface area contributed by atoms with Crippen LogP contribution in [0.15, 0.2) is 29.3 Å². The van der Waals surface area contributed by atoms with Crippen LogP contribution in [0.4, 0.5) is 0 Å². The minimum absolute atomic E-state index is 0.156. The summed E-state index contributed by atoms with van der Waals surface area (Å²) < 4.78 is 1.72. The van der Waals surface area contributed by atoms with Crippen LogP contribution >= 0.6 is 0 Å². The third-order valence-corrected chi connectivity index (χ3v) is 4.12. The van der Waals surface area contributed by atoms with Gasteiger partial charge in [-0.15, -0.1) is 0 Å². The van der Waals surface area contributed by atoms with Crippen molar-refractivity contribution < 1.29 is 0 Å². The molecule has 20 heavy (non-hydrogen) atoms. The lowest BCUT2D eigenvalue weighted by molar-refractivity contribution is 0.310. The van der Waals surface area contributed by atoms with E-state index >= 15 is 0 Å². The van der Waals surface area contributed by atoms with Crippen molar-refractivity contribution in [1.82, 2.24) is 14.8 Å². The summed E-state index contributed by atoms with van der Waals surface area (Å²) in [5.41, 5.74) is 4.75. The highest BCUT2D eigenvalue weighted by atomic mass is 16.1. The van der Waals surface area contributed by atoms with Gasteiger partial charge in [0.15, 0.2) is 0 Å². The molecule has 0 fully saturated rings. The molecule has 0 spiro atoms. The van der Waals surface area contributed by atoms with Crippen molar-refractivity contribution >= 4 is 5.57 Å². The number of hydrogen-bond acceptors (Lipinski definition) is 3. The zero-order valence-corrected chi connectivity index (χ0v) is 12.3. The van der Waals surface area contributed by atoms with Crippen molar-refractivity contribution in [2.24, 2.45) is 7.05 Å². The first kappa shape index (κ1) is 13.2. The topological polar surface area (TPSA) is 37.3 Å². The summed E-state index contributed by atoms with van der Waals surface area (Å²) in [4.78, 5) is 14.6. The molecule has 3 heterocycles. The molecule has 0 saturated heterocycles. The number of aryl methyl sites for hydroxylation is 1. The first-order chi connectivity index (χ1) is 9.56. The molecule has 106 valence electrons. The summed E-state index contributed by atoms with van der Waals surface area (Å²) in [6.45, 7) is 3.94. The quantitative estimate of drug-likeness (QED) is 0.835. The van der Waals surface area contributed by atoms with Gasteiger partial charge in [-0.3, -0.25) is 4.79 Å². The monoisotopic (exact) mass is 271 g/mol. The van der Waals surface area contributed by atoms with Crippen LogP contribution in [-0.2, 0) is 20.0 Å². The normalized spacial score (nSPS) is 22.1. The van der Waals surface area contributed by atoms with Gasteiger partial charge in [0.05, 0.1) is 0 Å². The lowest BCUT2D eigenvalue weighted by Gasteiger charge is -2.28. The molecule has 1 aromatic heterocycles. The maximum atomic E-state index is 12.3. The maximum absolute atomic E-state index is 12.3. The number of pyridine rings is 1. The number of fused-ring (bicyclic) bond motifs is 1. The van der Waals surface area contributed by atoms with Crippen LogP contribution in [0.3, 0.4) is 0 Å². The van der Waals surface area contributed by atoms with Gasteiger partial charge in [0.25, 0.3) is 5.56 Å². The Morgan fingerprint density at radius 2 is 2.10 bits per heavy atom. The largest absolute Gasteiger partial charge is 0.385 e. The Labute approximate surface area is 119 Å². The lowest BCUT2D eigenvalue weighted by atomic mass is 9.91. The number of allylic oxidation sites excluding steroid dienone is 2. The van der Waals surface area contributed by atoms with E-state index in [0.29, 0.717) is 6.04 Å². The molecular formula is C16H21N3O. The highest BCUT2D eigenvalue weighted by Crippen LogP contribution is 2.27. The predicted octanol–water partition coefficient (Wildman–Crippen LogP) is 1.26. The van der Waals surface area contributed by atoms with E-state index in [0.717, 1.165) is 25.1 Å². The Kier molecular flexibility index (Phi) is 3.26. The van der Waals surface area contributed by atoms with E-state index in [2.05, 4.69) is 36.3 Å². The van der Waals surface area contributed by atoms with E-state index in [1.165, 1.54) is 16.7 Å². The van der Waals surface area contributed by atoms with E-state index in [4.69, 9.17) is 0 Å². The highest BCUT2D eigenvalue weighted by Gasteiger charge is 2.22. The molecule has 0 radical (unpaired) electrons. The maximum Gasteiger partial charge on any atom is 0.253 e. The first-order valence-electron chi connectivity index (χ1n) is 7.11. The van der Waals surface area contributed by atoms with Gasteiger partial charge >= 0.3 is 0 Å². The second-order valence-corrected chi connectivity index (χ2v) is 5.81. The van der Waals surface area contributed by atoms with Crippen LogP contribution in [0.5, 0.6) is 0 Å². The number of rotatable bonds is 1. The van der Waals surface area contributed by atoms with E-state index < -0.39 is 0 Å². The van der Waals surface area contributed by atoms with Crippen molar-refractivity contribution in [2.75, 3.05) is 13.6 Å². The van der Waals surface area contributed by atoms with Crippen LogP contribution in [0.25, 0.3) is 5.57 Å². The number of nitrogens with one attached hydrogen (secondary N) is 1. The van der Waals surface area contributed by atoms with Gasteiger partial charge in [0.1, 0.15) is 0 Å². The fourth-order valence-electron chi connectivity index (χ4n) is 3.02. The first-order valence-corrected chi connectivity index (χ1v) is 7.11. The molecule has 0 aliphatic carbocycles. The SMILES string of the molecule is CC1C=C(c2cn(C)c(=O)c3c2CN(C)CC3)C=CN1. The summed E-state index contributed by atoms with van der Waals surface area (Å²) in [6.07, 6.45) is 9.12. The van der Waals surface area contributed by atoms with Gasteiger partial charge in [-0.2, -0.15) is 0 Å². The number of hydrogen-bond donors (Lipinski definition) is 1. The standard InChI is InChI=1S/C16H21N3O/c1-11-8-12(4-6-17-11)14-10-19(3)16(20)13-5-7-18(2)9-15(13)14/h4,6,8,10-11,17H,5,7,9H2,1-3H3. The Morgan fingerprint density at radius 3 is 2.85 bits per heavy atom. The fraction of sp³-hybridized carbons (Fsp3) is 0.438. The molecule has 1 atom stereocenters. The number of aromatic nitrogens is 1. The highest BCUT2D eigenvalue weighted by molar-refractivity contribution is 5.77. The average Bonchev–Trinajstić information content (AvgIpc) is 2.42. The summed E-state index contributed by atoms with van der Waals surface area (Å²) in [5, 5.41) is 3.26. The van der Waals surface area contributed by atoms with Gasteiger partial charge in [0, 0.05) is 43.5 Å². The Morgan fingerprint density at radius 1 is 1.30 bits per heavy atom. The number of likely N-dealkylation sites (N-methyl/N-ethyl adjacent to an activating group) is 1. The second-order valence-electron chi connectivity index (χ2n) is 5.81. The van der Waals surface area contributed by atoms with Crippen molar-refractivity contribution in [1.29, 1.82) is 0 Å². The van der Waals surface area contributed by atoms with Gasteiger partial charge in [-0.25, -0.2) is 0 Å². The van der Waals surface area contributed by atoms with E-state index in [9.17, 15) is 4.79 Å². The summed E-state index contributed by atoms with van der Waals surface area (Å²) in [6, 6.07) is 0.323. The fourth-order valence-corrected chi connectivity index (χ4v) is 3.02. The van der Waals surface area contributed by atoms with Crippen LogP contribution < -0.4 is 10.9 Å². The molecular weight excluding hydrogens is 250 g/mol. The van der Waals surface area contributed by atoms with Gasteiger partial charge in [-0.1, -0.05) is 6.08 Å². The molecule has 2 aliphatic heterocycles. The van der Waals surface area contributed by atoms with Crippen LogP contribution in [0, 0.1) is 0 Å². The van der Waals surface area contributed by atoms with Crippen molar-refractivity contribution in [3.63, 3.8) is 0 Å². The smallest absolute Gasteiger partial charge is 0.253 e. The third-order valence-electron chi connectivity index (χ3n) is 4.12. The lowest BCUT2D eigenvalue weighted by Crippen LogP contribution is -2.35. The van der Waals surface area contributed by atoms with Crippen molar-refractivity contribution in [3.8, 4) is 0 Å². The van der Waals surface area contributed by atoms with E-state index in [1.54, 1.807) is 4.57 Å². The number of dihydropyridines is 1. The summed E-state index contributed by atoms with van der Waals surface area (Å²) >= 11 is 0. The van der Waals surface area contributed by atoms with Gasteiger partial charge < -0.3 is 14.8 Å². The van der Waals surface area contributed by atoms with Crippen molar-refractivity contribution in [2.45, 2.75) is 25.9 Å². The second kappa shape index (κ2) is 4.94. The van der Waals surface area contributed by atoms with E-state index in [-0.39, 0.29) is 5.56 Å². The van der Waals surface area contributed by atoms with Crippen LogP contribution in [-0.4, -0.2) is 29.1 Å². The minimum atomic E-state index is 0.156. The molecule has 2 aliphatic rings.